The van der Waals surface area contributed by atoms with Crippen LogP contribution in [0.1, 0.15) is 18.4 Å². The summed E-state index contributed by atoms with van der Waals surface area (Å²) in [6, 6.07) is 3.68. The molecule has 1 fully saturated rings. The van der Waals surface area contributed by atoms with Crippen molar-refractivity contribution in [2.24, 2.45) is 5.73 Å². The number of primary amides is 1. The number of carbonyl (C=O) groups excluding carboxylic acids is 1. The number of carbonyl (C=O) groups is 1. The van der Waals surface area contributed by atoms with Gasteiger partial charge in [0.1, 0.15) is 5.54 Å². The first kappa shape index (κ1) is 17.8. The summed E-state index contributed by atoms with van der Waals surface area (Å²) in [6.07, 6.45) is 1.57. The Morgan fingerprint density at radius 2 is 2.09 bits per heavy atom. The largest absolute Gasteiger partial charge is 0.493 e. The lowest BCUT2D eigenvalue weighted by Crippen LogP contribution is -2.56. The Balaban J connectivity index is 2.32. The molecule has 1 aromatic rings. The third kappa shape index (κ3) is 3.24. The number of ether oxygens (including phenoxy) is 3. The molecule has 2 rings (SSSR count). The summed E-state index contributed by atoms with van der Waals surface area (Å²) in [5, 5.41) is 0.481. The zero-order valence-electron chi connectivity index (χ0n) is 13.7. The highest BCUT2D eigenvalue weighted by Gasteiger charge is 2.46. The van der Waals surface area contributed by atoms with E-state index in [4.69, 9.17) is 31.5 Å². The Labute approximate surface area is 141 Å². The van der Waals surface area contributed by atoms with Gasteiger partial charge in [0, 0.05) is 13.7 Å². The first-order valence-corrected chi connectivity index (χ1v) is 7.81. The average molecular weight is 343 g/mol. The number of hydrogen-bond donors (Lipinski definition) is 1. The molecular formula is C16H23ClN2O4. The molecule has 0 radical (unpaired) electrons. The van der Waals surface area contributed by atoms with E-state index in [2.05, 4.69) is 0 Å². The molecular weight excluding hydrogens is 320 g/mol. The van der Waals surface area contributed by atoms with Gasteiger partial charge in [-0.05, 0) is 31.0 Å². The molecule has 1 unspecified atom stereocenters. The molecule has 0 aliphatic carbocycles. The Morgan fingerprint density at radius 1 is 1.35 bits per heavy atom. The van der Waals surface area contributed by atoms with Crippen LogP contribution in [0.15, 0.2) is 12.1 Å². The van der Waals surface area contributed by atoms with Gasteiger partial charge in [-0.15, -0.1) is 0 Å². The third-order valence-corrected chi connectivity index (χ3v) is 4.81. The van der Waals surface area contributed by atoms with Crippen molar-refractivity contribution in [1.82, 2.24) is 4.90 Å². The molecule has 6 nitrogen and oxygen atoms in total. The average Bonchev–Trinajstić information content (AvgIpc) is 2.93. The number of benzene rings is 1. The van der Waals surface area contributed by atoms with Gasteiger partial charge in [0.15, 0.2) is 11.5 Å². The quantitative estimate of drug-likeness (QED) is 0.818. The van der Waals surface area contributed by atoms with Gasteiger partial charge in [-0.2, -0.15) is 0 Å². The molecule has 128 valence electrons. The second kappa shape index (κ2) is 7.38. The topological polar surface area (TPSA) is 74.0 Å². The van der Waals surface area contributed by atoms with E-state index in [0.717, 1.165) is 18.5 Å². The van der Waals surface area contributed by atoms with Crippen LogP contribution in [0.5, 0.6) is 11.5 Å². The second-order valence-electron chi connectivity index (χ2n) is 5.63. The normalized spacial score (nSPS) is 21.4. The Hall–Kier alpha value is -1.50. The van der Waals surface area contributed by atoms with E-state index in [-0.39, 0.29) is 12.5 Å². The lowest BCUT2D eigenvalue weighted by Gasteiger charge is -2.35. The van der Waals surface area contributed by atoms with Crippen molar-refractivity contribution in [2.45, 2.75) is 24.9 Å². The molecule has 1 aliphatic heterocycles. The van der Waals surface area contributed by atoms with Crippen LogP contribution < -0.4 is 15.2 Å². The predicted octanol–water partition coefficient (Wildman–Crippen LogP) is 1.82. The minimum atomic E-state index is -0.786. The van der Waals surface area contributed by atoms with Crippen LogP contribution in [-0.4, -0.2) is 50.8 Å². The summed E-state index contributed by atoms with van der Waals surface area (Å²) in [5.74, 6) is 0.691. The van der Waals surface area contributed by atoms with Gasteiger partial charge in [-0.1, -0.05) is 17.7 Å². The van der Waals surface area contributed by atoms with Crippen LogP contribution >= 0.6 is 11.6 Å². The summed E-state index contributed by atoms with van der Waals surface area (Å²) in [4.78, 5) is 14.1. The van der Waals surface area contributed by atoms with Crippen molar-refractivity contribution in [3.05, 3.63) is 22.7 Å². The number of rotatable bonds is 7. The Bertz CT molecular complexity index is 581. The van der Waals surface area contributed by atoms with Gasteiger partial charge in [0.25, 0.3) is 0 Å². The first-order chi connectivity index (χ1) is 11.0. The zero-order valence-corrected chi connectivity index (χ0v) is 14.5. The molecule has 1 saturated heterocycles. The third-order valence-electron chi connectivity index (χ3n) is 4.39. The molecule has 1 amide bonds. The minimum absolute atomic E-state index is 0.271. The van der Waals surface area contributed by atoms with E-state index in [1.54, 1.807) is 27.4 Å². The van der Waals surface area contributed by atoms with Crippen molar-refractivity contribution < 1.29 is 19.0 Å². The van der Waals surface area contributed by atoms with E-state index < -0.39 is 5.54 Å². The summed E-state index contributed by atoms with van der Waals surface area (Å²) >= 11 is 6.44. The molecule has 0 aromatic heterocycles. The van der Waals surface area contributed by atoms with Crippen molar-refractivity contribution in [2.75, 3.05) is 34.5 Å². The van der Waals surface area contributed by atoms with Gasteiger partial charge in [-0.25, -0.2) is 0 Å². The number of hydrogen-bond acceptors (Lipinski definition) is 5. The van der Waals surface area contributed by atoms with Crippen LogP contribution in [0.25, 0.3) is 0 Å². The van der Waals surface area contributed by atoms with Gasteiger partial charge in [0.2, 0.25) is 5.91 Å². The maximum absolute atomic E-state index is 12.0. The highest BCUT2D eigenvalue weighted by atomic mass is 35.5. The minimum Gasteiger partial charge on any atom is -0.493 e. The van der Waals surface area contributed by atoms with Gasteiger partial charge < -0.3 is 19.9 Å². The molecule has 7 heteroatoms. The SMILES string of the molecule is COCC1(C(N)=O)CCCN1Cc1ccc(OC)c(OC)c1Cl. The standard InChI is InChI=1S/C16H23ClN2O4/c1-21-10-16(15(18)20)7-4-8-19(16)9-11-5-6-12(22-2)14(23-3)13(11)17/h5-6H,4,7-10H2,1-3H3,(H2,18,20). The van der Waals surface area contributed by atoms with Crippen LogP contribution in [0.4, 0.5) is 0 Å². The Morgan fingerprint density at radius 3 is 2.65 bits per heavy atom. The van der Waals surface area contributed by atoms with Crippen LogP contribution in [0.3, 0.4) is 0 Å². The van der Waals surface area contributed by atoms with E-state index in [0.29, 0.717) is 29.5 Å². The molecule has 1 heterocycles. The van der Waals surface area contributed by atoms with Crippen molar-refractivity contribution >= 4 is 17.5 Å². The number of methoxy groups -OCH3 is 3. The molecule has 2 N–H and O–H groups in total. The molecule has 23 heavy (non-hydrogen) atoms. The Kier molecular flexibility index (Phi) is 5.73. The number of amides is 1. The summed E-state index contributed by atoms with van der Waals surface area (Å²) in [7, 11) is 4.68. The van der Waals surface area contributed by atoms with Crippen LogP contribution in [-0.2, 0) is 16.1 Å². The van der Waals surface area contributed by atoms with Crippen molar-refractivity contribution in [3.63, 3.8) is 0 Å². The van der Waals surface area contributed by atoms with E-state index in [9.17, 15) is 4.79 Å². The fraction of sp³-hybridized carbons (Fsp3) is 0.562. The van der Waals surface area contributed by atoms with E-state index in [1.807, 2.05) is 11.0 Å². The molecule has 0 bridgehead atoms. The monoisotopic (exact) mass is 342 g/mol. The fourth-order valence-corrected chi connectivity index (χ4v) is 3.47. The molecule has 1 aromatic carbocycles. The fourth-order valence-electron chi connectivity index (χ4n) is 3.18. The van der Waals surface area contributed by atoms with Crippen molar-refractivity contribution in [1.29, 1.82) is 0 Å². The van der Waals surface area contributed by atoms with E-state index in [1.165, 1.54) is 0 Å². The maximum Gasteiger partial charge on any atom is 0.240 e. The molecule has 1 aliphatic rings. The van der Waals surface area contributed by atoms with Crippen molar-refractivity contribution in [3.8, 4) is 11.5 Å². The second-order valence-corrected chi connectivity index (χ2v) is 6.01. The highest BCUT2D eigenvalue weighted by molar-refractivity contribution is 6.33. The number of nitrogens with two attached hydrogens (primary N) is 1. The number of nitrogens with zero attached hydrogens (tertiary/aromatic N) is 1. The lowest BCUT2D eigenvalue weighted by atomic mass is 9.95. The van der Waals surface area contributed by atoms with Gasteiger partial charge in [-0.3, -0.25) is 9.69 Å². The molecule has 1 atom stereocenters. The number of likely N-dealkylation sites (tertiary alicyclic amines) is 1. The van der Waals surface area contributed by atoms with Gasteiger partial charge in [0.05, 0.1) is 25.8 Å². The van der Waals surface area contributed by atoms with Gasteiger partial charge >= 0.3 is 0 Å². The molecule has 0 spiro atoms. The molecule has 0 saturated carbocycles. The zero-order chi connectivity index (χ0) is 17.0. The smallest absolute Gasteiger partial charge is 0.240 e. The predicted molar refractivity (Wildman–Crippen MR) is 88.0 cm³/mol. The lowest BCUT2D eigenvalue weighted by molar-refractivity contribution is -0.132. The highest BCUT2D eigenvalue weighted by Crippen LogP contribution is 2.39. The summed E-state index contributed by atoms with van der Waals surface area (Å²) in [6.45, 7) is 1.52. The van der Waals surface area contributed by atoms with Crippen LogP contribution in [0.2, 0.25) is 5.02 Å². The maximum atomic E-state index is 12.0. The summed E-state index contributed by atoms with van der Waals surface area (Å²) in [5.41, 5.74) is 5.73. The first-order valence-electron chi connectivity index (χ1n) is 7.43. The van der Waals surface area contributed by atoms with Crippen LogP contribution in [0, 0.1) is 0 Å². The number of halogens is 1. The summed E-state index contributed by atoms with van der Waals surface area (Å²) < 4.78 is 15.8. The van der Waals surface area contributed by atoms with E-state index >= 15 is 0 Å².